The van der Waals surface area contributed by atoms with Crippen LogP contribution in [-0.2, 0) is 4.74 Å². The second kappa shape index (κ2) is 10.4. The fourth-order valence-electron chi connectivity index (χ4n) is 4.04. The molecule has 0 bridgehead atoms. The zero-order valence-corrected chi connectivity index (χ0v) is 19.3. The van der Waals surface area contributed by atoms with Crippen molar-refractivity contribution in [2.45, 2.75) is 12.8 Å². The van der Waals surface area contributed by atoms with Crippen LogP contribution in [-0.4, -0.2) is 36.6 Å². The minimum Gasteiger partial charge on any atom is -0.449 e. The van der Waals surface area contributed by atoms with E-state index in [1.807, 2.05) is 12.1 Å². The number of aromatic nitrogens is 1. The van der Waals surface area contributed by atoms with Crippen molar-refractivity contribution in [3.63, 3.8) is 0 Å². The molecule has 9 heteroatoms. The lowest BCUT2D eigenvalue weighted by Gasteiger charge is -2.33. The van der Waals surface area contributed by atoms with Crippen LogP contribution in [0.25, 0.3) is 0 Å². The molecule has 5 N–H and O–H groups in total. The molecule has 0 unspecified atom stereocenters. The number of hydrogen-bond donors (Lipinski definition) is 3. The van der Waals surface area contributed by atoms with E-state index in [1.54, 1.807) is 36.7 Å². The Balaban J connectivity index is 1.39. The monoisotopic (exact) mass is 479 g/mol. The van der Waals surface area contributed by atoms with E-state index in [2.05, 4.69) is 15.2 Å². The van der Waals surface area contributed by atoms with Crippen molar-refractivity contribution in [1.82, 2.24) is 4.98 Å². The van der Waals surface area contributed by atoms with Crippen LogP contribution >= 0.6 is 11.6 Å². The highest BCUT2D eigenvalue weighted by atomic mass is 35.5. The van der Waals surface area contributed by atoms with Gasteiger partial charge in [0.1, 0.15) is 0 Å². The first kappa shape index (κ1) is 23.4. The maximum Gasteiger partial charge on any atom is 0.411 e. The van der Waals surface area contributed by atoms with E-state index in [0.29, 0.717) is 0 Å². The minimum atomic E-state index is -0.693. The van der Waals surface area contributed by atoms with Crippen molar-refractivity contribution in [2.75, 3.05) is 41.4 Å². The average molecular weight is 480 g/mol. The van der Waals surface area contributed by atoms with Crippen LogP contribution in [0, 0.1) is 5.92 Å². The normalized spacial score (nSPS) is 14.0. The second-order valence-corrected chi connectivity index (χ2v) is 8.57. The zero-order chi connectivity index (χ0) is 24.1. The quantitative estimate of drug-likeness (QED) is 0.348. The van der Waals surface area contributed by atoms with Crippen molar-refractivity contribution < 1.29 is 14.3 Å². The molecular formula is C25H26ClN5O3. The van der Waals surface area contributed by atoms with E-state index < -0.39 is 11.9 Å². The highest BCUT2D eigenvalue weighted by Crippen LogP contribution is 2.33. The molecule has 0 spiro atoms. The summed E-state index contributed by atoms with van der Waals surface area (Å²) >= 11 is 6.19. The summed E-state index contributed by atoms with van der Waals surface area (Å²) in [4.78, 5) is 32.1. The van der Waals surface area contributed by atoms with Gasteiger partial charge in [-0.3, -0.25) is 15.1 Å². The summed E-state index contributed by atoms with van der Waals surface area (Å²) in [5.41, 5.74) is 14.1. The first-order valence-electron chi connectivity index (χ1n) is 11.0. The van der Waals surface area contributed by atoms with Gasteiger partial charge in [-0.05, 0) is 55.2 Å². The number of halogens is 1. The zero-order valence-electron chi connectivity index (χ0n) is 18.5. The fraction of sp³-hybridized carbons (Fsp3) is 0.240. The summed E-state index contributed by atoms with van der Waals surface area (Å²) in [6.07, 6.45) is 4.66. The fourth-order valence-corrected chi connectivity index (χ4v) is 4.26. The van der Waals surface area contributed by atoms with Gasteiger partial charge < -0.3 is 21.1 Å². The van der Waals surface area contributed by atoms with E-state index in [4.69, 9.17) is 27.8 Å². The Hall–Kier alpha value is -3.78. The predicted molar refractivity (Wildman–Crippen MR) is 134 cm³/mol. The number of nitrogens with one attached hydrogen (secondary N) is 1. The maximum atomic E-state index is 13.2. The lowest BCUT2D eigenvalue weighted by molar-refractivity contribution is 0.104. The third kappa shape index (κ3) is 5.23. The van der Waals surface area contributed by atoms with Crippen LogP contribution in [0.1, 0.15) is 28.8 Å². The third-order valence-electron chi connectivity index (χ3n) is 5.93. The van der Waals surface area contributed by atoms with E-state index >= 15 is 0 Å². The minimum absolute atomic E-state index is 0.0794. The lowest BCUT2D eigenvalue weighted by Crippen LogP contribution is -2.35. The van der Waals surface area contributed by atoms with Crippen molar-refractivity contribution in [3.8, 4) is 0 Å². The van der Waals surface area contributed by atoms with E-state index in [-0.39, 0.29) is 45.7 Å². The molecule has 8 nitrogen and oxygen atoms in total. The first-order valence-corrected chi connectivity index (χ1v) is 11.4. The number of rotatable bonds is 6. The van der Waals surface area contributed by atoms with Crippen LogP contribution in [0.15, 0.2) is 60.9 Å². The smallest absolute Gasteiger partial charge is 0.411 e. The van der Waals surface area contributed by atoms with Gasteiger partial charge in [0.15, 0.2) is 5.78 Å². The largest absolute Gasteiger partial charge is 0.449 e. The molecule has 1 aliphatic rings. The maximum absolute atomic E-state index is 13.2. The number of anilines is 4. The highest BCUT2D eigenvalue weighted by molar-refractivity contribution is 6.35. The molecule has 176 valence electrons. The Morgan fingerprint density at radius 3 is 2.41 bits per heavy atom. The number of piperidine rings is 1. The highest BCUT2D eigenvalue weighted by Gasteiger charge is 2.24. The number of pyridine rings is 1. The number of amides is 1. The molecule has 1 fully saturated rings. The molecule has 0 atom stereocenters. The topological polar surface area (TPSA) is 124 Å². The van der Waals surface area contributed by atoms with E-state index in [9.17, 15) is 9.59 Å². The van der Waals surface area contributed by atoms with Crippen LogP contribution < -0.4 is 21.7 Å². The molecule has 34 heavy (non-hydrogen) atoms. The van der Waals surface area contributed by atoms with Gasteiger partial charge in [0, 0.05) is 42.4 Å². The molecule has 0 saturated carbocycles. The first-order chi connectivity index (χ1) is 16.4. The molecule has 1 saturated heterocycles. The standard InChI is InChI=1S/C25H26ClN5O3/c26-19-4-2-1-3-18(19)24(32)22-20(27)5-6-21(28)23(22)30-25(33)34-15-16-9-13-31(14-10-16)17-7-11-29-12-8-17/h1-8,11-12,16H,9-10,13-15,27-28H2,(H,30,33). The molecule has 4 rings (SSSR count). The number of nitrogen functional groups attached to an aromatic ring is 2. The number of ether oxygens (including phenoxy) is 1. The lowest BCUT2D eigenvalue weighted by atomic mass is 9.97. The van der Waals surface area contributed by atoms with Gasteiger partial charge in [-0.1, -0.05) is 23.7 Å². The number of nitrogens with two attached hydrogens (primary N) is 2. The molecule has 0 radical (unpaired) electrons. The second-order valence-electron chi connectivity index (χ2n) is 8.16. The summed E-state index contributed by atoms with van der Waals surface area (Å²) in [5, 5.41) is 2.90. The Morgan fingerprint density at radius 2 is 1.71 bits per heavy atom. The predicted octanol–water partition coefficient (Wildman–Crippen LogP) is 4.60. The van der Waals surface area contributed by atoms with Crippen molar-refractivity contribution in [3.05, 3.63) is 77.1 Å². The Labute approximate surface area is 202 Å². The Morgan fingerprint density at radius 1 is 1.03 bits per heavy atom. The SMILES string of the molecule is Nc1ccc(N)c(C(=O)c2ccccc2Cl)c1NC(=O)OCC1CCN(c2ccncc2)CC1. The van der Waals surface area contributed by atoms with E-state index in [0.717, 1.165) is 31.6 Å². The summed E-state index contributed by atoms with van der Waals surface area (Å²) in [5.74, 6) is -0.194. The van der Waals surface area contributed by atoms with Gasteiger partial charge in [-0.25, -0.2) is 4.79 Å². The number of hydrogen-bond acceptors (Lipinski definition) is 7. The summed E-state index contributed by atoms with van der Waals surface area (Å²) in [7, 11) is 0. The molecule has 0 aliphatic carbocycles. The molecule has 1 aliphatic heterocycles. The summed E-state index contributed by atoms with van der Waals surface area (Å²) < 4.78 is 5.47. The van der Waals surface area contributed by atoms with Crippen molar-refractivity contribution in [1.29, 1.82) is 0 Å². The average Bonchev–Trinajstić information content (AvgIpc) is 2.86. The van der Waals surface area contributed by atoms with Crippen molar-refractivity contribution in [2.24, 2.45) is 5.92 Å². The molecule has 3 aromatic rings. The molecule has 2 aromatic carbocycles. The van der Waals surface area contributed by atoms with Crippen LogP contribution in [0.4, 0.5) is 27.5 Å². The van der Waals surface area contributed by atoms with Crippen LogP contribution in [0.5, 0.6) is 0 Å². The number of carbonyl (C=O) groups excluding carboxylic acids is 2. The van der Waals surface area contributed by atoms with Gasteiger partial charge in [0.05, 0.1) is 28.6 Å². The van der Waals surface area contributed by atoms with Gasteiger partial charge >= 0.3 is 6.09 Å². The molecule has 1 aromatic heterocycles. The summed E-state index contributed by atoms with van der Waals surface area (Å²) in [6, 6.07) is 13.6. The number of ketones is 1. The van der Waals surface area contributed by atoms with Gasteiger partial charge in [0.25, 0.3) is 0 Å². The van der Waals surface area contributed by atoms with Crippen LogP contribution in [0.2, 0.25) is 5.02 Å². The van der Waals surface area contributed by atoms with E-state index in [1.165, 1.54) is 12.1 Å². The number of benzene rings is 2. The summed E-state index contributed by atoms with van der Waals surface area (Å²) in [6.45, 7) is 2.02. The molecule has 1 amide bonds. The van der Waals surface area contributed by atoms with Gasteiger partial charge in [-0.15, -0.1) is 0 Å². The number of carbonyl (C=O) groups is 2. The Kier molecular flexibility index (Phi) is 7.18. The molecule has 2 heterocycles. The van der Waals surface area contributed by atoms with Crippen molar-refractivity contribution >= 4 is 46.2 Å². The van der Waals surface area contributed by atoms with Crippen LogP contribution in [0.3, 0.4) is 0 Å². The number of nitrogens with zero attached hydrogens (tertiary/aromatic N) is 2. The Bertz CT molecular complexity index is 1180. The van der Waals surface area contributed by atoms with Gasteiger partial charge in [0.2, 0.25) is 0 Å². The third-order valence-corrected chi connectivity index (χ3v) is 6.26. The molecular weight excluding hydrogens is 454 g/mol. The van der Waals surface area contributed by atoms with Gasteiger partial charge in [-0.2, -0.15) is 0 Å².